The van der Waals surface area contributed by atoms with E-state index in [1.165, 1.54) is 51.7 Å². The van der Waals surface area contributed by atoms with Crippen LogP contribution in [0.4, 0.5) is 5.82 Å². The van der Waals surface area contributed by atoms with E-state index < -0.39 is 0 Å². The van der Waals surface area contributed by atoms with Crippen molar-refractivity contribution in [2.24, 2.45) is 0 Å². The minimum Gasteiger partial charge on any atom is -0.383 e. The van der Waals surface area contributed by atoms with Gasteiger partial charge in [0.2, 0.25) is 0 Å². The van der Waals surface area contributed by atoms with Gasteiger partial charge in [0.1, 0.15) is 5.82 Å². The van der Waals surface area contributed by atoms with Crippen LogP contribution in [0.5, 0.6) is 0 Å². The van der Waals surface area contributed by atoms with Crippen molar-refractivity contribution in [2.45, 2.75) is 71.8 Å². The maximum Gasteiger partial charge on any atom is 0.349 e. The number of rotatable bonds is 12. The van der Waals surface area contributed by atoms with Gasteiger partial charge in [0.25, 0.3) is 0 Å². The van der Waals surface area contributed by atoms with Crippen molar-refractivity contribution in [1.82, 2.24) is 14.5 Å². The van der Waals surface area contributed by atoms with Crippen molar-refractivity contribution < 1.29 is 0 Å². The molecule has 0 aliphatic rings. The van der Waals surface area contributed by atoms with Crippen LogP contribution in [0.25, 0.3) is 0 Å². The summed E-state index contributed by atoms with van der Waals surface area (Å²) in [4.78, 5) is 18.2. The highest BCUT2D eigenvalue weighted by molar-refractivity contribution is 5.23. The van der Waals surface area contributed by atoms with Gasteiger partial charge in [-0.25, -0.2) is 4.79 Å². The minimum atomic E-state index is -0.246. The molecule has 0 fully saturated rings. The molecule has 2 N–H and O–H groups in total. The lowest BCUT2D eigenvalue weighted by molar-refractivity contribution is 0.259. The van der Waals surface area contributed by atoms with Gasteiger partial charge in [0.15, 0.2) is 0 Å². The summed E-state index contributed by atoms with van der Waals surface area (Å²) in [5.41, 5.74) is 5.29. The van der Waals surface area contributed by atoms with Crippen LogP contribution in [0.1, 0.15) is 71.8 Å². The van der Waals surface area contributed by atoms with E-state index in [2.05, 4.69) is 30.7 Å². The van der Waals surface area contributed by atoms with Crippen molar-refractivity contribution in [3.05, 3.63) is 22.7 Å². The highest BCUT2D eigenvalue weighted by Gasteiger charge is 2.08. The molecular formula is C18H34N4O. The Morgan fingerprint density at radius 2 is 1.83 bits per heavy atom. The first-order valence-electron chi connectivity index (χ1n) is 9.15. The molecule has 0 aliphatic carbocycles. The molecule has 0 radical (unpaired) electrons. The average molecular weight is 322 g/mol. The summed E-state index contributed by atoms with van der Waals surface area (Å²) in [7, 11) is 0. The van der Waals surface area contributed by atoms with Gasteiger partial charge in [-0.2, -0.15) is 4.98 Å². The van der Waals surface area contributed by atoms with E-state index in [9.17, 15) is 4.79 Å². The molecule has 0 aromatic carbocycles. The first kappa shape index (κ1) is 19.7. The summed E-state index contributed by atoms with van der Waals surface area (Å²) in [6, 6.07) is 1.87. The Balaban J connectivity index is 2.32. The maximum absolute atomic E-state index is 11.8. The number of nitrogens with two attached hydrogens (primary N) is 1. The lowest BCUT2D eigenvalue weighted by Crippen LogP contribution is -2.27. The fourth-order valence-corrected chi connectivity index (χ4v) is 2.91. The molecule has 0 saturated carbocycles. The van der Waals surface area contributed by atoms with Gasteiger partial charge >= 0.3 is 5.69 Å². The topological polar surface area (TPSA) is 64.2 Å². The van der Waals surface area contributed by atoms with E-state index in [4.69, 9.17) is 5.73 Å². The Morgan fingerprint density at radius 3 is 2.43 bits per heavy atom. The van der Waals surface area contributed by atoms with Crippen LogP contribution in [-0.2, 0) is 0 Å². The molecule has 1 heterocycles. The standard InChI is InChI=1S/C18H34N4O/c1-4-6-8-13-21(12-5-2)14-9-7-10-16(3)22-15-11-17(19)20-18(22)23/h11,15-16H,4-10,12-14H2,1-3H3,(H2,19,20,23). The summed E-state index contributed by atoms with van der Waals surface area (Å²) in [5, 5.41) is 0. The molecule has 1 unspecified atom stereocenters. The molecule has 0 saturated heterocycles. The van der Waals surface area contributed by atoms with Crippen molar-refractivity contribution in [3.63, 3.8) is 0 Å². The summed E-state index contributed by atoms with van der Waals surface area (Å²) >= 11 is 0. The van der Waals surface area contributed by atoms with Crippen LogP contribution in [-0.4, -0.2) is 34.1 Å². The molecule has 1 rings (SSSR count). The molecule has 132 valence electrons. The molecule has 5 nitrogen and oxygen atoms in total. The second-order valence-corrected chi connectivity index (χ2v) is 6.44. The van der Waals surface area contributed by atoms with Crippen LogP contribution in [0.2, 0.25) is 0 Å². The smallest absolute Gasteiger partial charge is 0.349 e. The summed E-state index contributed by atoms with van der Waals surface area (Å²) in [5.74, 6) is 0.292. The monoisotopic (exact) mass is 322 g/mol. The zero-order valence-electron chi connectivity index (χ0n) is 15.1. The maximum atomic E-state index is 11.8. The van der Waals surface area contributed by atoms with Crippen LogP contribution < -0.4 is 11.4 Å². The Hall–Kier alpha value is -1.36. The predicted molar refractivity (Wildman–Crippen MR) is 97.7 cm³/mol. The largest absolute Gasteiger partial charge is 0.383 e. The molecule has 1 aromatic heterocycles. The predicted octanol–water partition coefficient (Wildman–Crippen LogP) is 3.46. The molecule has 0 bridgehead atoms. The summed E-state index contributed by atoms with van der Waals surface area (Å²) < 4.78 is 1.68. The lowest BCUT2D eigenvalue weighted by Gasteiger charge is -2.22. The van der Waals surface area contributed by atoms with E-state index in [1.807, 2.05) is 0 Å². The molecule has 5 heteroatoms. The molecule has 1 aromatic rings. The number of hydrogen-bond donors (Lipinski definition) is 1. The normalized spacial score (nSPS) is 12.7. The first-order valence-corrected chi connectivity index (χ1v) is 9.15. The van der Waals surface area contributed by atoms with Gasteiger partial charge in [0, 0.05) is 12.2 Å². The molecular weight excluding hydrogens is 288 g/mol. The number of nitrogens with zero attached hydrogens (tertiary/aromatic N) is 3. The number of aromatic nitrogens is 2. The van der Waals surface area contributed by atoms with Gasteiger partial charge < -0.3 is 10.6 Å². The van der Waals surface area contributed by atoms with Crippen LogP contribution in [0.15, 0.2) is 17.1 Å². The van der Waals surface area contributed by atoms with Crippen molar-refractivity contribution >= 4 is 5.82 Å². The van der Waals surface area contributed by atoms with E-state index in [-0.39, 0.29) is 11.7 Å². The third kappa shape index (κ3) is 7.64. The first-order chi connectivity index (χ1) is 11.1. The number of anilines is 1. The number of hydrogen-bond acceptors (Lipinski definition) is 4. The zero-order valence-corrected chi connectivity index (χ0v) is 15.1. The number of nitrogen functional groups attached to an aromatic ring is 1. The third-order valence-corrected chi connectivity index (χ3v) is 4.29. The van der Waals surface area contributed by atoms with Crippen LogP contribution >= 0.6 is 0 Å². The van der Waals surface area contributed by atoms with Gasteiger partial charge in [0.05, 0.1) is 0 Å². The van der Waals surface area contributed by atoms with E-state index in [0.717, 1.165) is 12.8 Å². The van der Waals surface area contributed by atoms with Gasteiger partial charge in [-0.3, -0.25) is 4.57 Å². The number of unbranched alkanes of at least 4 members (excludes halogenated alkanes) is 3. The third-order valence-electron chi connectivity index (χ3n) is 4.29. The molecule has 0 aliphatic heterocycles. The highest BCUT2D eigenvalue weighted by atomic mass is 16.1. The molecule has 1 atom stereocenters. The van der Waals surface area contributed by atoms with Crippen molar-refractivity contribution in [1.29, 1.82) is 0 Å². The molecule has 0 amide bonds. The fraction of sp³-hybridized carbons (Fsp3) is 0.778. The molecule has 23 heavy (non-hydrogen) atoms. The van der Waals surface area contributed by atoms with Gasteiger partial charge in [-0.05, 0) is 58.3 Å². The average Bonchev–Trinajstić information content (AvgIpc) is 2.51. The van der Waals surface area contributed by atoms with Gasteiger partial charge in [-0.15, -0.1) is 0 Å². The van der Waals surface area contributed by atoms with E-state index in [0.29, 0.717) is 5.82 Å². The SMILES string of the molecule is CCCCCN(CCC)CCCCC(C)n1ccc(N)nc1=O. The van der Waals surface area contributed by atoms with Crippen molar-refractivity contribution in [2.75, 3.05) is 25.4 Å². The van der Waals surface area contributed by atoms with E-state index >= 15 is 0 Å². The Bertz CT molecular complexity index is 486. The van der Waals surface area contributed by atoms with E-state index in [1.54, 1.807) is 16.8 Å². The lowest BCUT2D eigenvalue weighted by atomic mass is 10.1. The fourth-order valence-electron chi connectivity index (χ4n) is 2.91. The highest BCUT2D eigenvalue weighted by Crippen LogP contribution is 2.13. The molecule has 0 spiro atoms. The quantitative estimate of drug-likeness (QED) is 0.599. The van der Waals surface area contributed by atoms with Crippen molar-refractivity contribution in [3.8, 4) is 0 Å². The Kier molecular flexibility index (Phi) is 9.60. The Labute approximate surface area is 140 Å². The second-order valence-electron chi connectivity index (χ2n) is 6.44. The van der Waals surface area contributed by atoms with Crippen LogP contribution in [0, 0.1) is 0 Å². The van der Waals surface area contributed by atoms with Gasteiger partial charge in [-0.1, -0.05) is 33.1 Å². The zero-order chi connectivity index (χ0) is 17.1. The minimum absolute atomic E-state index is 0.176. The van der Waals surface area contributed by atoms with Crippen LogP contribution in [0.3, 0.4) is 0 Å². The second kappa shape index (κ2) is 11.2. The summed E-state index contributed by atoms with van der Waals surface area (Å²) in [6.07, 6.45) is 10.2. The summed E-state index contributed by atoms with van der Waals surface area (Å²) in [6.45, 7) is 10.2. The Morgan fingerprint density at radius 1 is 1.13 bits per heavy atom.